The second-order valence-corrected chi connectivity index (χ2v) is 4.34. The Kier molecular flexibility index (Phi) is 3.88. The summed E-state index contributed by atoms with van der Waals surface area (Å²) in [6.07, 6.45) is 1.24. The van der Waals surface area contributed by atoms with E-state index in [0.717, 1.165) is 18.5 Å². The number of nitrogens with one attached hydrogen (secondary N) is 1. The maximum absolute atomic E-state index is 12.2. The van der Waals surface area contributed by atoms with Gasteiger partial charge in [0.2, 0.25) is 6.43 Å². The lowest BCUT2D eigenvalue weighted by Gasteiger charge is -2.23. The zero-order valence-corrected chi connectivity index (χ0v) is 9.26. The highest BCUT2D eigenvalue weighted by Gasteiger charge is 2.14. The molecule has 0 saturated carbocycles. The SMILES string of the molecule is FC(F)Cc1ccc(C2CCCCN2)cc1. The zero-order chi connectivity index (χ0) is 11.4. The van der Waals surface area contributed by atoms with E-state index >= 15 is 0 Å². The van der Waals surface area contributed by atoms with Gasteiger partial charge in [-0.05, 0) is 30.5 Å². The van der Waals surface area contributed by atoms with Gasteiger partial charge in [-0.15, -0.1) is 0 Å². The van der Waals surface area contributed by atoms with E-state index in [1.165, 1.54) is 18.4 Å². The van der Waals surface area contributed by atoms with E-state index < -0.39 is 6.43 Å². The highest BCUT2D eigenvalue weighted by Crippen LogP contribution is 2.23. The monoisotopic (exact) mass is 225 g/mol. The minimum Gasteiger partial charge on any atom is -0.310 e. The summed E-state index contributed by atoms with van der Waals surface area (Å²) in [5.74, 6) is 0. The minimum atomic E-state index is -2.25. The van der Waals surface area contributed by atoms with Crippen molar-refractivity contribution in [1.29, 1.82) is 0 Å². The number of hydrogen-bond donors (Lipinski definition) is 1. The summed E-state index contributed by atoms with van der Waals surface area (Å²) in [5.41, 5.74) is 1.94. The fourth-order valence-corrected chi connectivity index (χ4v) is 2.20. The number of hydrogen-bond acceptors (Lipinski definition) is 1. The van der Waals surface area contributed by atoms with Crippen molar-refractivity contribution in [3.63, 3.8) is 0 Å². The van der Waals surface area contributed by atoms with E-state index in [-0.39, 0.29) is 6.42 Å². The maximum atomic E-state index is 12.2. The van der Waals surface area contributed by atoms with Crippen LogP contribution in [0.15, 0.2) is 24.3 Å². The lowest BCUT2D eigenvalue weighted by molar-refractivity contribution is 0.149. The fraction of sp³-hybridized carbons (Fsp3) is 0.538. The molecule has 1 fully saturated rings. The van der Waals surface area contributed by atoms with Crippen molar-refractivity contribution in [2.24, 2.45) is 0 Å². The fourth-order valence-electron chi connectivity index (χ4n) is 2.20. The van der Waals surface area contributed by atoms with Crippen LogP contribution < -0.4 is 5.32 Å². The van der Waals surface area contributed by atoms with E-state index in [1.807, 2.05) is 24.3 Å². The molecule has 1 saturated heterocycles. The third-order valence-corrected chi connectivity index (χ3v) is 3.08. The molecule has 1 atom stereocenters. The van der Waals surface area contributed by atoms with Crippen LogP contribution in [0.4, 0.5) is 8.78 Å². The van der Waals surface area contributed by atoms with Gasteiger partial charge in [0.25, 0.3) is 0 Å². The number of piperidine rings is 1. The molecule has 2 rings (SSSR count). The summed E-state index contributed by atoms with van der Waals surface area (Å²) in [5, 5.41) is 3.45. The van der Waals surface area contributed by atoms with Gasteiger partial charge in [-0.25, -0.2) is 8.78 Å². The Morgan fingerprint density at radius 2 is 1.94 bits per heavy atom. The molecule has 0 amide bonds. The summed E-state index contributed by atoms with van der Waals surface area (Å²) < 4.78 is 24.3. The topological polar surface area (TPSA) is 12.0 Å². The number of rotatable bonds is 3. The molecule has 1 aliphatic heterocycles. The molecule has 1 nitrogen and oxygen atoms in total. The molecule has 1 heterocycles. The lowest BCUT2D eigenvalue weighted by Crippen LogP contribution is -2.26. The first-order valence-corrected chi connectivity index (χ1v) is 5.86. The van der Waals surface area contributed by atoms with Crippen LogP contribution in [0.3, 0.4) is 0 Å². The molecule has 1 aromatic carbocycles. The van der Waals surface area contributed by atoms with Crippen LogP contribution in [0.25, 0.3) is 0 Å². The molecular weight excluding hydrogens is 208 g/mol. The van der Waals surface area contributed by atoms with E-state index in [2.05, 4.69) is 5.32 Å². The third-order valence-electron chi connectivity index (χ3n) is 3.08. The van der Waals surface area contributed by atoms with Crippen molar-refractivity contribution >= 4 is 0 Å². The Balaban J connectivity index is 2.00. The van der Waals surface area contributed by atoms with Crippen LogP contribution in [0.5, 0.6) is 0 Å². The van der Waals surface area contributed by atoms with Crippen LogP contribution in [0.1, 0.15) is 36.4 Å². The molecule has 0 aliphatic carbocycles. The molecule has 0 radical (unpaired) electrons. The second kappa shape index (κ2) is 5.39. The first-order valence-electron chi connectivity index (χ1n) is 5.86. The predicted octanol–water partition coefficient (Wildman–Crippen LogP) is 3.31. The highest BCUT2D eigenvalue weighted by atomic mass is 19.3. The molecule has 1 N–H and O–H groups in total. The maximum Gasteiger partial charge on any atom is 0.242 e. The quantitative estimate of drug-likeness (QED) is 0.832. The molecule has 0 spiro atoms. The Morgan fingerprint density at radius 3 is 2.50 bits per heavy atom. The third kappa shape index (κ3) is 3.01. The van der Waals surface area contributed by atoms with Gasteiger partial charge < -0.3 is 5.32 Å². The molecule has 0 bridgehead atoms. The predicted molar refractivity (Wildman–Crippen MR) is 60.7 cm³/mol. The van der Waals surface area contributed by atoms with Crippen LogP contribution in [-0.4, -0.2) is 13.0 Å². The Bertz CT molecular complexity index is 315. The van der Waals surface area contributed by atoms with Crippen molar-refractivity contribution in [2.75, 3.05) is 6.54 Å². The van der Waals surface area contributed by atoms with Gasteiger partial charge in [-0.1, -0.05) is 30.7 Å². The largest absolute Gasteiger partial charge is 0.310 e. The van der Waals surface area contributed by atoms with E-state index in [0.29, 0.717) is 6.04 Å². The van der Waals surface area contributed by atoms with Gasteiger partial charge in [0.15, 0.2) is 0 Å². The van der Waals surface area contributed by atoms with Crippen LogP contribution in [-0.2, 0) is 6.42 Å². The smallest absolute Gasteiger partial charge is 0.242 e. The van der Waals surface area contributed by atoms with Gasteiger partial charge >= 0.3 is 0 Å². The Labute approximate surface area is 94.9 Å². The minimum absolute atomic E-state index is 0.141. The van der Waals surface area contributed by atoms with Crippen molar-refractivity contribution in [3.8, 4) is 0 Å². The molecule has 1 unspecified atom stereocenters. The first kappa shape index (κ1) is 11.5. The van der Waals surface area contributed by atoms with Crippen molar-refractivity contribution < 1.29 is 8.78 Å². The van der Waals surface area contributed by atoms with E-state index in [9.17, 15) is 8.78 Å². The van der Waals surface area contributed by atoms with Gasteiger partial charge in [-0.3, -0.25) is 0 Å². The average molecular weight is 225 g/mol. The van der Waals surface area contributed by atoms with Gasteiger partial charge in [0.05, 0.1) is 0 Å². The zero-order valence-electron chi connectivity index (χ0n) is 9.26. The second-order valence-electron chi connectivity index (χ2n) is 4.34. The summed E-state index contributed by atoms with van der Waals surface area (Å²) in [4.78, 5) is 0. The van der Waals surface area contributed by atoms with Crippen LogP contribution in [0, 0.1) is 0 Å². The summed E-state index contributed by atoms with van der Waals surface area (Å²) in [7, 11) is 0. The normalized spacial score (nSPS) is 21.3. The summed E-state index contributed by atoms with van der Waals surface area (Å²) in [6.45, 7) is 1.06. The number of benzene rings is 1. The molecular formula is C13H17F2N. The highest BCUT2D eigenvalue weighted by molar-refractivity contribution is 5.25. The molecule has 16 heavy (non-hydrogen) atoms. The van der Waals surface area contributed by atoms with Gasteiger partial charge in [0, 0.05) is 12.5 Å². The first-order chi connectivity index (χ1) is 7.75. The van der Waals surface area contributed by atoms with Gasteiger partial charge in [-0.2, -0.15) is 0 Å². The molecule has 1 aliphatic rings. The standard InChI is InChI=1S/C13H17F2N/c14-13(15)9-10-4-6-11(7-5-10)12-3-1-2-8-16-12/h4-7,12-13,16H,1-3,8-9H2. The molecule has 0 aromatic heterocycles. The number of alkyl halides is 2. The van der Waals surface area contributed by atoms with Crippen LogP contribution >= 0.6 is 0 Å². The number of halogens is 2. The molecule has 88 valence electrons. The van der Waals surface area contributed by atoms with E-state index in [4.69, 9.17) is 0 Å². The molecule has 1 aromatic rings. The van der Waals surface area contributed by atoms with Crippen molar-refractivity contribution in [1.82, 2.24) is 5.32 Å². The lowest BCUT2D eigenvalue weighted by atomic mass is 9.96. The average Bonchev–Trinajstić information content (AvgIpc) is 2.30. The van der Waals surface area contributed by atoms with Crippen molar-refractivity contribution in [2.45, 2.75) is 38.2 Å². The Morgan fingerprint density at radius 1 is 1.19 bits per heavy atom. The summed E-state index contributed by atoms with van der Waals surface area (Å²) in [6, 6.07) is 7.99. The molecule has 3 heteroatoms. The van der Waals surface area contributed by atoms with Gasteiger partial charge in [0.1, 0.15) is 0 Å². The van der Waals surface area contributed by atoms with E-state index in [1.54, 1.807) is 0 Å². The van der Waals surface area contributed by atoms with Crippen molar-refractivity contribution in [3.05, 3.63) is 35.4 Å². The van der Waals surface area contributed by atoms with Crippen LogP contribution in [0.2, 0.25) is 0 Å². The summed E-state index contributed by atoms with van der Waals surface area (Å²) >= 11 is 0. The Hall–Kier alpha value is -0.960.